The summed E-state index contributed by atoms with van der Waals surface area (Å²) >= 11 is 0. The number of carboxylic acids is 1. The molecule has 2 aliphatic rings. The van der Waals surface area contributed by atoms with Crippen molar-refractivity contribution in [1.29, 1.82) is 0 Å². The molecule has 0 saturated heterocycles. The topological polar surface area (TPSA) is 87.6 Å². The van der Waals surface area contributed by atoms with Crippen LogP contribution in [-0.4, -0.2) is 38.8 Å². The number of imide groups is 1. The molecule has 1 N–H and O–H groups in total. The zero-order valence-corrected chi connectivity index (χ0v) is 9.81. The number of fused-ring (bicyclic) bond motifs is 1. The van der Waals surface area contributed by atoms with Crippen LogP contribution < -0.4 is 0 Å². The van der Waals surface area contributed by atoms with Gasteiger partial charge >= 0.3 is 5.97 Å². The molecule has 0 aromatic carbocycles. The van der Waals surface area contributed by atoms with Gasteiger partial charge in [-0.25, -0.2) is 0 Å². The summed E-state index contributed by atoms with van der Waals surface area (Å²) in [7, 11) is 0. The Morgan fingerprint density at radius 1 is 1.32 bits per heavy atom. The average Bonchev–Trinajstić information content (AvgIpc) is 2.96. The van der Waals surface area contributed by atoms with Crippen molar-refractivity contribution in [2.75, 3.05) is 0 Å². The summed E-state index contributed by atoms with van der Waals surface area (Å²) in [6.45, 7) is 0. The van der Waals surface area contributed by atoms with E-state index in [1.54, 1.807) is 18.2 Å². The van der Waals surface area contributed by atoms with Crippen LogP contribution >= 0.6 is 0 Å². The number of aliphatic carboxylic acids is 1. The number of hydrogen-bond donors (Lipinski definition) is 1. The van der Waals surface area contributed by atoms with Crippen molar-refractivity contribution in [1.82, 2.24) is 9.88 Å². The van der Waals surface area contributed by atoms with Crippen LogP contribution in [0.2, 0.25) is 0 Å². The van der Waals surface area contributed by atoms with E-state index in [1.165, 1.54) is 12.3 Å². The second kappa shape index (κ2) is 4.01. The van der Waals surface area contributed by atoms with Gasteiger partial charge in [0.05, 0.1) is 17.5 Å². The van der Waals surface area contributed by atoms with Crippen LogP contribution in [0.1, 0.15) is 27.3 Å². The number of carbonyl (C=O) groups is 3. The highest BCUT2D eigenvalue weighted by molar-refractivity contribution is 6.20. The summed E-state index contributed by atoms with van der Waals surface area (Å²) in [6.07, 6.45) is 4.79. The number of rotatable bonds is 2. The molecule has 2 unspecified atom stereocenters. The van der Waals surface area contributed by atoms with Gasteiger partial charge in [0, 0.05) is 6.20 Å². The fraction of sp³-hybridized carbons (Fsp3) is 0.231. The van der Waals surface area contributed by atoms with E-state index >= 15 is 0 Å². The Balaban J connectivity index is 1.90. The lowest BCUT2D eigenvalue weighted by Gasteiger charge is -2.20. The third-order valence-electron chi connectivity index (χ3n) is 3.39. The lowest BCUT2D eigenvalue weighted by Crippen LogP contribution is -2.38. The van der Waals surface area contributed by atoms with Gasteiger partial charge < -0.3 is 5.11 Å². The quantitative estimate of drug-likeness (QED) is 0.623. The number of carbonyl (C=O) groups excluding carboxylic acids is 2. The number of amides is 2. The predicted molar refractivity (Wildman–Crippen MR) is 63.4 cm³/mol. The molecule has 2 amide bonds. The minimum absolute atomic E-state index is 0.139. The molecule has 2 atom stereocenters. The van der Waals surface area contributed by atoms with Crippen LogP contribution in [0.5, 0.6) is 0 Å². The Morgan fingerprint density at radius 3 is 2.74 bits per heavy atom. The molecule has 3 rings (SSSR count). The van der Waals surface area contributed by atoms with E-state index < -0.39 is 29.7 Å². The summed E-state index contributed by atoms with van der Waals surface area (Å²) in [5.74, 6) is -2.47. The summed E-state index contributed by atoms with van der Waals surface area (Å²) < 4.78 is 0. The van der Waals surface area contributed by atoms with Crippen molar-refractivity contribution in [2.45, 2.75) is 12.5 Å². The van der Waals surface area contributed by atoms with Crippen LogP contribution in [0.3, 0.4) is 0 Å². The van der Waals surface area contributed by atoms with Gasteiger partial charge in [-0.05, 0) is 18.6 Å². The lowest BCUT2D eigenvalue weighted by molar-refractivity contribution is -0.140. The molecule has 1 aliphatic heterocycles. The maximum absolute atomic E-state index is 12.2. The van der Waals surface area contributed by atoms with Crippen molar-refractivity contribution in [3.8, 4) is 0 Å². The van der Waals surface area contributed by atoms with Gasteiger partial charge in [-0.3, -0.25) is 24.3 Å². The molecule has 6 nitrogen and oxygen atoms in total. The molecular formula is C13H10N2O4. The van der Waals surface area contributed by atoms with Gasteiger partial charge in [-0.1, -0.05) is 12.2 Å². The molecular weight excluding hydrogens is 248 g/mol. The normalized spacial score (nSPS) is 24.9. The fourth-order valence-corrected chi connectivity index (χ4v) is 2.44. The molecule has 0 radical (unpaired) electrons. The van der Waals surface area contributed by atoms with Gasteiger partial charge in [0.25, 0.3) is 11.8 Å². The van der Waals surface area contributed by atoms with Gasteiger partial charge in [0.15, 0.2) is 0 Å². The van der Waals surface area contributed by atoms with Crippen LogP contribution in [-0.2, 0) is 4.79 Å². The van der Waals surface area contributed by atoms with E-state index in [0.717, 1.165) is 4.90 Å². The average molecular weight is 258 g/mol. The number of hydrogen-bond acceptors (Lipinski definition) is 4. The van der Waals surface area contributed by atoms with E-state index in [1.807, 2.05) is 0 Å². The van der Waals surface area contributed by atoms with Gasteiger partial charge in [-0.2, -0.15) is 0 Å². The van der Waals surface area contributed by atoms with E-state index in [9.17, 15) is 14.4 Å². The number of carboxylic acid groups (broad SMARTS) is 1. The molecule has 1 aliphatic carbocycles. The number of pyridine rings is 1. The fourth-order valence-electron chi connectivity index (χ4n) is 2.44. The minimum atomic E-state index is -0.950. The Labute approximate surface area is 108 Å². The van der Waals surface area contributed by atoms with Crippen LogP contribution in [0.25, 0.3) is 0 Å². The zero-order valence-electron chi connectivity index (χ0n) is 9.81. The van der Waals surface area contributed by atoms with Gasteiger partial charge in [0.1, 0.15) is 5.69 Å². The SMILES string of the molecule is O=C(O)C1C=CC(N2C(=O)c3cccnc3C2=O)C1. The first-order chi connectivity index (χ1) is 9.09. The van der Waals surface area contributed by atoms with E-state index in [2.05, 4.69) is 4.98 Å². The van der Waals surface area contributed by atoms with Crippen LogP contribution in [0.15, 0.2) is 30.5 Å². The number of aromatic nitrogens is 1. The first-order valence-electron chi connectivity index (χ1n) is 5.83. The first-order valence-corrected chi connectivity index (χ1v) is 5.83. The zero-order chi connectivity index (χ0) is 13.6. The van der Waals surface area contributed by atoms with Crippen molar-refractivity contribution >= 4 is 17.8 Å². The van der Waals surface area contributed by atoms with E-state index in [4.69, 9.17) is 5.11 Å². The monoisotopic (exact) mass is 258 g/mol. The van der Waals surface area contributed by atoms with Gasteiger partial charge in [-0.15, -0.1) is 0 Å². The molecule has 0 saturated carbocycles. The second-order valence-electron chi connectivity index (χ2n) is 4.51. The van der Waals surface area contributed by atoms with Gasteiger partial charge in [0.2, 0.25) is 0 Å². The lowest BCUT2D eigenvalue weighted by atomic mass is 10.1. The molecule has 1 aromatic heterocycles. The molecule has 0 bridgehead atoms. The minimum Gasteiger partial charge on any atom is -0.481 e. The second-order valence-corrected chi connectivity index (χ2v) is 4.51. The number of nitrogens with zero attached hydrogens (tertiary/aromatic N) is 2. The highest BCUT2D eigenvalue weighted by Crippen LogP contribution is 2.29. The maximum Gasteiger partial charge on any atom is 0.310 e. The third kappa shape index (κ3) is 1.64. The van der Waals surface area contributed by atoms with E-state index in [0.29, 0.717) is 0 Å². The summed E-state index contributed by atoms with van der Waals surface area (Å²) in [6, 6.07) is 2.64. The largest absolute Gasteiger partial charge is 0.481 e. The third-order valence-corrected chi connectivity index (χ3v) is 3.39. The van der Waals surface area contributed by atoms with Crippen LogP contribution in [0.4, 0.5) is 0 Å². The molecule has 96 valence electrons. The summed E-state index contributed by atoms with van der Waals surface area (Å²) in [4.78, 5) is 40.2. The van der Waals surface area contributed by atoms with Crippen molar-refractivity contribution in [3.05, 3.63) is 41.7 Å². The van der Waals surface area contributed by atoms with Crippen molar-refractivity contribution in [3.63, 3.8) is 0 Å². The first kappa shape index (κ1) is 11.6. The highest BCUT2D eigenvalue weighted by Gasteiger charge is 2.42. The smallest absolute Gasteiger partial charge is 0.310 e. The Hall–Kier alpha value is -2.50. The molecule has 0 fully saturated rings. The van der Waals surface area contributed by atoms with E-state index in [-0.39, 0.29) is 17.7 Å². The Kier molecular flexibility index (Phi) is 2.45. The molecule has 2 heterocycles. The Morgan fingerprint density at radius 2 is 2.11 bits per heavy atom. The molecule has 1 aromatic rings. The Bertz CT molecular complexity index is 588. The van der Waals surface area contributed by atoms with Crippen molar-refractivity contribution in [2.24, 2.45) is 5.92 Å². The molecule has 6 heteroatoms. The highest BCUT2D eigenvalue weighted by atomic mass is 16.4. The standard InChI is InChI=1S/C13H10N2O4/c16-11-9-2-1-5-14-10(9)12(17)15(11)8-4-3-7(6-8)13(18)19/h1-5,7-8H,6H2,(H,18,19). The maximum atomic E-state index is 12.2. The summed E-state index contributed by atoms with van der Waals surface area (Å²) in [5, 5.41) is 8.93. The predicted octanol–water partition coefficient (Wildman–Crippen LogP) is 0.707. The molecule has 0 spiro atoms. The summed E-state index contributed by atoms with van der Waals surface area (Å²) in [5.41, 5.74) is 0.416. The van der Waals surface area contributed by atoms with Crippen molar-refractivity contribution < 1.29 is 19.5 Å². The molecule has 19 heavy (non-hydrogen) atoms. The van der Waals surface area contributed by atoms with Crippen LogP contribution in [0, 0.1) is 5.92 Å².